The molecule has 13 heavy (non-hydrogen) atoms. The van der Waals surface area contributed by atoms with Gasteiger partial charge in [0.15, 0.2) is 0 Å². The van der Waals surface area contributed by atoms with Crippen LogP contribution in [0.5, 0.6) is 0 Å². The maximum Gasteiger partial charge on any atom is 0.202 e. The maximum atomic E-state index is 10.4. The Labute approximate surface area is 78.1 Å². The number of hydrogen-bond acceptors (Lipinski definition) is 1. The molecule has 0 saturated heterocycles. The molecule has 0 spiro atoms. The normalized spacial score (nSPS) is 9.31. The van der Waals surface area contributed by atoms with Crippen molar-refractivity contribution in [2.45, 2.75) is 6.92 Å². The van der Waals surface area contributed by atoms with E-state index in [2.05, 4.69) is 11.8 Å². The molecule has 0 fully saturated rings. The number of benzene rings is 1. The van der Waals surface area contributed by atoms with Crippen LogP contribution in [0.15, 0.2) is 36.4 Å². The molecule has 0 radical (unpaired) electrons. The monoisotopic (exact) mass is 170 g/mol. The molecule has 0 bridgehead atoms. The van der Waals surface area contributed by atoms with Gasteiger partial charge in [-0.1, -0.05) is 36.3 Å². The maximum absolute atomic E-state index is 10.4. The lowest BCUT2D eigenvalue weighted by atomic mass is 10.2. The van der Waals surface area contributed by atoms with Gasteiger partial charge in [-0.3, -0.25) is 4.79 Å². The van der Waals surface area contributed by atoms with Crippen molar-refractivity contribution in [3.05, 3.63) is 42.0 Å². The summed E-state index contributed by atoms with van der Waals surface area (Å²) >= 11 is 0. The SMILES string of the molecule is CC(=O)C#CC=Cc1ccccc1. The van der Waals surface area contributed by atoms with Crippen LogP contribution in [0.4, 0.5) is 0 Å². The van der Waals surface area contributed by atoms with Crippen LogP contribution < -0.4 is 0 Å². The molecule has 1 nitrogen and oxygen atoms in total. The Balaban J connectivity index is 2.62. The van der Waals surface area contributed by atoms with Crippen molar-refractivity contribution >= 4 is 11.9 Å². The molecule has 0 atom stereocenters. The smallest absolute Gasteiger partial charge is 0.202 e. The molecule has 1 heteroatoms. The molecule has 0 aliphatic rings. The largest absolute Gasteiger partial charge is 0.285 e. The summed E-state index contributed by atoms with van der Waals surface area (Å²) in [5.74, 6) is 4.98. The van der Waals surface area contributed by atoms with Crippen molar-refractivity contribution in [3.8, 4) is 11.8 Å². The lowest BCUT2D eigenvalue weighted by Crippen LogP contribution is -1.78. The van der Waals surface area contributed by atoms with E-state index in [-0.39, 0.29) is 5.78 Å². The minimum Gasteiger partial charge on any atom is -0.285 e. The van der Waals surface area contributed by atoms with Gasteiger partial charge in [0.2, 0.25) is 5.78 Å². The number of ketones is 1. The third-order valence-corrected chi connectivity index (χ3v) is 1.41. The van der Waals surface area contributed by atoms with Crippen molar-refractivity contribution in [2.24, 2.45) is 0 Å². The Bertz CT molecular complexity index is 363. The highest BCUT2D eigenvalue weighted by atomic mass is 16.1. The summed E-state index contributed by atoms with van der Waals surface area (Å²) in [5.41, 5.74) is 1.08. The molecule has 0 aliphatic carbocycles. The first kappa shape index (κ1) is 9.28. The Kier molecular flexibility index (Phi) is 3.53. The first-order chi connectivity index (χ1) is 6.29. The van der Waals surface area contributed by atoms with Crippen LogP contribution in [0.2, 0.25) is 0 Å². The van der Waals surface area contributed by atoms with Gasteiger partial charge in [-0.15, -0.1) is 0 Å². The van der Waals surface area contributed by atoms with Crippen molar-refractivity contribution in [1.82, 2.24) is 0 Å². The molecule has 64 valence electrons. The lowest BCUT2D eigenvalue weighted by molar-refractivity contribution is -0.111. The second-order valence-electron chi connectivity index (χ2n) is 2.57. The Hall–Kier alpha value is -1.81. The van der Waals surface area contributed by atoms with Gasteiger partial charge < -0.3 is 0 Å². The first-order valence-corrected chi connectivity index (χ1v) is 4.03. The zero-order chi connectivity index (χ0) is 9.52. The zero-order valence-corrected chi connectivity index (χ0v) is 7.45. The van der Waals surface area contributed by atoms with Crippen LogP contribution in [0.3, 0.4) is 0 Å². The fourth-order valence-corrected chi connectivity index (χ4v) is 0.845. The van der Waals surface area contributed by atoms with Crippen molar-refractivity contribution in [3.63, 3.8) is 0 Å². The van der Waals surface area contributed by atoms with Crippen LogP contribution in [-0.2, 0) is 4.79 Å². The van der Waals surface area contributed by atoms with Crippen LogP contribution in [0.25, 0.3) is 6.08 Å². The Morgan fingerprint density at radius 1 is 1.31 bits per heavy atom. The number of Topliss-reactive ketones (excluding diaryl/α,β-unsaturated/α-hetero) is 1. The summed E-state index contributed by atoms with van der Waals surface area (Å²) in [4.78, 5) is 10.4. The van der Waals surface area contributed by atoms with Crippen LogP contribution in [-0.4, -0.2) is 5.78 Å². The van der Waals surface area contributed by atoms with Gasteiger partial charge in [0.05, 0.1) is 0 Å². The Morgan fingerprint density at radius 3 is 2.62 bits per heavy atom. The summed E-state index contributed by atoms with van der Waals surface area (Å²) in [7, 11) is 0. The molecule has 0 unspecified atom stereocenters. The lowest BCUT2D eigenvalue weighted by Gasteiger charge is -1.87. The number of carbonyl (C=O) groups excluding carboxylic acids is 1. The van der Waals surface area contributed by atoms with Crippen LogP contribution in [0, 0.1) is 11.8 Å². The van der Waals surface area contributed by atoms with E-state index in [4.69, 9.17) is 0 Å². The van der Waals surface area contributed by atoms with E-state index in [0.717, 1.165) is 5.56 Å². The molecule has 0 aromatic heterocycles. The van der Waals surface area contributed by atoms with E-state index in [0.29, 0.717) is 0 Å². The summed E-state index contributed by atoms with van der Waals surface area (Å²) in [6, 6.07) is 9.83. The van der Waals surface area contributed by atoms with Gasteiger partial charge in [0.1, 0.15) is 0 Å². The van der Waals surface area contributed by atoms with E-state index in [1.54, 1.807) is 6.08 Å². The highest BCUT2D eigenvalue weighted by Gasteiger charge is 1.80. The van der Waals surface area contributed by atoms with E-state index >= 15 is 0 Å². The highest BCUT2D eigenvalue weighted by Crippen LogP contribution is 1.99. The van der Waals surface area contributed by atoms with E-state index in [1.807, 2.05) is 36.4 Å². The van der Waals surface area contributed by atoms with Crippen molar-refractivity contribution < 1.29 is 4.79 Å². The van der Waals surface area contributed by atoms with Crippen LogP contribution >= 0.6 is 0 Å². The summed E-state index contributed by atoms with van der Waals surface area (Å²) in [6.45, 7) is 1.45. The quantitative estimate of drug-likeness (QED) is 0.467. The predicted octanol–water partition coefficient (Wildman–Crippen LogP) is 2.29. The summed E-state index contributed by atoms with van der Waals surface area (Å²) in [5, 5.41) is 0. The second-order valence-corrected chi connectivity index (χ2v) is 2.57. The fraction of sp³-hybridized carbons (Fsp3) is 0.0833. The average Bonchev–Trinajstić information content (AvgIpc) is 2.14. The third kappa shape index (κ3) is 3.93. The van der Waals surface area contributed by atoms with E-state index < -0.39 is 0 Å². The number of carbonyl (C=O) groups is 1. The van der Waals surface area contributed by atoms with Gasteiger partial charge in [-0.2, -0.15) is 0 Å². The molecular weight excluding hydrogens is 160 g/mol. The molecule has 0 aliphatic heterocycles. The molecule has 0 N–H and O–H groups in total. The molecule has 1 aromatic rings. The van der Waals surface area contributed by atoms with Crippen molar-refractivity contribution in [1.29, 1.82) is 0 Å². The molecule has 0 amide bonds. The third-order valence-electron chi connectivity index (χ3n) is 1.41. The zero-order valence-electron chi connectivity index (χ0n) is 7.45. The van der Waals surface area contributed by atoms with Gasteiger partial charge in [0.25, 0.3) is 0 Å². The molecular formula is C12H10O. The molecule has 0 saturated carbocycles. The minimum atomic E-state index is -0.113. The first-order valence-electron chi connectivity index (χ1n) is 4.03. The second kappa shape index (κ2) is 4.95. The molecule has 1 aromatic carbocycles. The number of rotatable bonds is 1. The topological polar surface area (TPSA) is 17.1 Å². The van der Waals surface area contributed by atoms with Gasteiger partial charge in [-0.25, -0.2) is 0 Å². The van der Waals surface area contributed by atoms with E-state index in [1.165, 1.54) is 6.92 Å². The number of hydrogen-bond donors (Lipinski definition) is 0. The van der Waals surface area contributed by atoms with Gasteiger partial charge in [0, 0.05) is 6.92 Å². The Morgan fingerprint density at radius 2 is 2.00 bits per heavy atom. The average molecular weight is 170 g/mol. The van der Waals surface area contributed by atoms with Gasteiger partial charge in [-0.05, 0) is 23.6 Å². The standard InChI is InChI=1S/C12H10O/c1-11(13)7-5-6-10-12-8-3-2-4-9-12/h2-4,6,8-10H,1H3. The minimum absolute atomic E-state index is 0.113. The van der Waals surface area contributed by atoms with Crippen molar-refractivity contribution in [2.75, 3.05) is 0 Å². The van der Waals surface area contributed by atoms with E-state index in [9.17, 15) is 4.79 Å². The molecule has 1 rings (SSSR count). The summed E-state index contributed by atoms with van der Waals surface area (Å²) in [6.07, 6.45) is 3.55. The summed E-state index contributed by atoms with van der Waals surface area (Å²) < 4.78 is 0. The van der Waals surface area contributed by atoms with Crippen LogP contribution in [0.1, 0.15) is 12.5 Å². The number of allylic oxidation sites excluding steroid dienone is 1. The predicted molar refractivity (Wildman–Crippen MR) is 53.9 cm³/mol. The van der Waals surface area contributed by atoms with Gasteiger partial charge >= 0.3 is 0 Å². The molecule has 0 heterocycles. The fourth-order valence-electron chi connectivity index (χ4n) is 0.845. The highest BCUT2D eigenvalue weighted by molar-refractivity contribution is 5.93.